The molecule has 0 aliphatic carbocycles. The third kappa shape index (κ3) is 3.48. The summed E-state index contributed by atoms with van der Waals surface area (Å²) in [5.74, 6) is 0.393. The number of hydrogen-bond acceptors (Lipinski definition) is 4. The van der Waals surface area contributed by atoms with Gasteiger partial charge >= 0.3 is 0 Å². The summed E-state index contributed by atoms with van der Waals surface area (Å²) in [6.07, 6.45) is 7.40. The van der Waals surface area contributed by atoms with Crippen LogP contribution in [0.15, 0.2) is 36.7 Å². The Labute approximate surface area is 152 Å². The summed E-state index contributed by atoms with van der Waals surface area (Å²) in [4.78, 5) is 19.5. The maximum absolute atomic E-state index is 12.7. The van der Waals surface area contributed by atoms with Crippen LogP contribution in [-0.4, -0.2) is 49.6 Å². The lowest BCUT2D eigenvalue weighted by Crippen LogP contribution is -2.21. The summed E-state index contributed by atoms with van der Waals surface area (Å²) in [6.45, 7) is 6.36. The molecule has 26 heavy (non-hydrogen) atoms. The van der Waals surface area contributed by atoms with Crippen molar-refractivity contribution in [2.75, 3.05) is 25.0 Å². The number of carbonyl (C=O) groups excluding carboxylic acids is 1. The van der Waals surface area contributed by atoms with Gasteiger partial charge in [0.25, 0.3) is 5.91 Å². The standard InChI is InChI=1S/C19H24N6O/c1-15-14-20-18-7-4-6-16(25(15)18)19(26)21-17-8-13-24(22-17)12-5-11-23-9-2-3-10-23/h4,6-8,13-14H,2-3,5,9-12H2,1H3,(H,21,22,26). The Balaban J connectivity index is 1.38. The van der Waals surface area contributed by atoms with Crippen molar-refractivity contribution in [2.24, 2.45) is 0 Å². The molecule has 1 aliphatic heterocycles. The first-order chi connectivity index (χ1) is 12.7. The van der Waals surface area contributed by atoms with Crippen LogP contribution in [0.3, 0.4) is 0 Å². The third-order valence-electron chi connectivity index (χ3n) is 4.88. The molecule has 1 fully saturated rings. The average Bonchev–Trinajstić information content (AvgIpc) is 3.38. The minimum absolute atomic E-state index is 0.181. The van der Waals surface area contributed by atoms with Crippen molar-refractivity contribution in [3.8, 4) is 0 Å². The van der Waals surface area contributed by atoms with Crippen molar-refractivity contribution in [2.45, 2.75) is 32.7 Å². The summed E-state index contributed by atoms with van der Waals surface area (Å²) in [7, 11) is 0. The van der Waals surface area contributed by atoms with E-state index < -0.39 is 0 Å². The van der Waals surface area contributed by atoms with Gasteiger partial charge in [0.05, 0.1) is 0 Å². The van der Waals surface area contributed by atoms with Crippen molar-refractivity contribution < 1.29 is 4.79 Å². The second-order valence-electron chi connectivity index (χ2n) is 6.82. The lowest BCUT2D eigenvalue weighted by molar-refractivity contribution is 0.102. The van der Waals surface area contributed by atoms with Crippen LogP contribution in [0.5, 0.6) is 0 Å². The molecule has 136 valence electrons. The van der Waals surface area contributed by atoms with Gasteiger partial charge in [-0.05, 0) is 58.0 Å². The number of aryl methyl sites for hydroxylation is 2. The fourth-order valence-corrected chi connectivity index (χ4v) is 3.56. The number of pyridine rings is 1. The van der Waals surface area contributed by atoms with Crippen LogP contribution in [0.1, 0.15) is 35.4 Å². The van der Waals surface area contributed by atoms with Gasteiger partial charge in [-0.3, -0.25) is 13.9 Å². The number of nitrogens with one attached hydrogen (secondary N) is 1. The molecule has 1 saturated heterocycles. The Bertz CT molecular complexity index is 906. The van der Waals surface area contributed by atoms with Gasteiger partial charge in [-0.1, -0.05) is 6.07 Å². The fraction of sp³-hybridized carbons (Fsp3) is 0.421. The Morgan fingerprint density at radius 2 is 2.04 bits per heavy atom. The zero-order valence-electron chi connectivity index (χ0n) is 15.1. The highest BCUT2D eigenvalue weighted by Gasteiger charge is 2.14. The van der Waals surface area contributed by atoms with Gasteiger partial charge in [-0.2, -0.15) is 5.10 Å². The number of rotatable bonds is 6. The molecule has 0 bridgehead atoms. The Kier molecular flexibility index (Phi) is 4.71. The Morgan fingerprint density at radius 3 is 2.88 bits per heavy atom. The van der Waals surface area contributed by atoms with E-state index in [-0.39, 0.29) is 5.91 Å². The topological polar surface area (TPSA) is 67.5 Å². The van der Waals surface area contributed by atoms with Crippen LogP contribution in [0.4, 0.5) is 5.82 Å². The van der Waals surface area contributed by atoms with Gasteiger partial charge in [0.15, 0.2) is 5.82 Å². The molecule has 0 unspecified atom stereocenters. The number of amides is 1. The molecule has 1 amide bonds. The SMILES string of the molecule is Cc1cnc2cccc(C(=O)Nc3ccn(CCCN4CCCC4)n3)n12. The number of nitrogens with zero attached hydrogens (tertiary/aromatic N) is 5. The van der Waals surface area contributed by atoms with Crippen LogP contribution in [-0.2, 0) is 6.54 Å². The van der Waals surface area contributed by atoms with Gasteiger partial charge in [0, 0.05) is 30.7 Å². The molecule has 0 spiro atoms. The molecule has 1 N–H and O–H groups in total. The van der Waals surface area contributed by atoms with Crippen LogP contribution in [0, 0.1) is 6.92 Å². The molecule has 7 nitrogen and oxygen atoms in total. The zero-order chi connectivity index (χ0) is 17.9. The van der Waals surface area contributed by atoms with E-state index in [1.54, 1.807) is 12.3 Å². The molecular weight excluding hydrogens is 328 g/mol. The summed E-state index contributed by atoms with van der Waals surface area (Å²) >= 11 is 0. The van der Waals surface area contributed by atoms with Crippen molar-refractivity contribution in [1.29, 1.82) is 0 Å². The van der Waals surface area contributed by atoms with Crippen molar-refractivity contribution in [1.82, 2.24) is 24.1 Å². The predicted molar refractivity (Wildman–Crippen MR) is 100 cm³/mol. The fourth-order valence-electron chi connectivity index (χ4n) is 3.56. The van der Waals surface area contributed by atoms with E-state index in [0.717, 1.165) is 30.9 Å². The van der Waals surface area contributed by atoms with Crippen LogP contribution in [0.25, 0.3) is 5.65 Å². The monoisotopic (exact) mass is 352 g/mol. The quantitative estimate of drug-likeness (QED) is 0.740. The lowest BCUT2D eigenvalue weighted by atomic mass is 10.3. The molecule has 4 heterocycles. The number of imidazole rings is 1. The van der Waals surface area contributed by atoms with E-state index in [4.69, 9.17) is 0 Å². The first-order valence-corrected chi connectivity index (χ1v) is 9.21. The van der Waals surface area contributed by atoms with Crippen molar-refractivity contribution >= 4 is 17.4 Å². The summed E-state index contributed by atoms with van der Waals surface area (Å²) in [6, 6.07) is 7.37. The maximum Gasteiger partial charge on any atom is 0.273 e. The highest BCUT2D eigenvalue weighted by Crippen LogP contribution is 2.13. The molecule has 4 rings (SSSR count). The normalized spacial score (nSPS) is 15.0. The second kappa shape index (κ2) is 7.29. The van der Waals surface area contributed by atoms with Gasteiger partial charge < -0.3 is 10.2 Å². The molecular formula is C19H24N6O. The van der Waals surface area contributed by atoms with Crippen LogP contribution >= 0.6 is 0 Å². The number of carbonyl (C=O) groups is 1. The van der Waals surface area contributed by atoms with Crippen molar-refractivity contribution in [3.05, 3.63) is 48.0 Å². The second-order valence-corrected chi connectivity index (χ2v) is 6.82. The summed E-state index contributed by atoms with van der Waals surface area (Å²) in [5.41, 5.74) is 2.25. The minimum Gasteiger partial charge on any atom is -0.304 e. The van der Waals surface area contributed by atoms with Gasteiger partial charge in [-0.25, -0.2) is 4.98 Å². The minimum atomic E-state index is -0.181. The number of anilines is 1. The Morgan fingerprint density at radius 1 is 1.19 bits per heavy atom. The van der Waals surface area contributed by atoms with E-state index in [1.165, 1.54) is 25.9 Å². The maximum atomic E-state index is 12.7. The van der Waals surface area contributed by atoms with Gasteiger partial charge in [-0.15, -0.1) is 0 Å². The Hall–Kier alpha value is -2.67. The number of hydrogen-bond donors (Lipinski definition) is 1. The molecule has 0 atom stereocenters. The summed E-state index contributed by atoms with van der Waals surface area (Å²) in [5, 5.41) is 7.36. The largest absolute Gasteiger partial charge is 0.304 e. The van der Waals surface area contributed by atoms with E-state index >= 15 is 0 Å². The number of fused-ring (bicyclic) bond motifs is 1. The molecule has 0 saturated carbocycles. The van der Waals surface area contributed by atoms with Crippen LogP contribution < -0.4 is 5.32 Å². The highest BCUT2D eigenvalue weighted by atomic mass is 16.2. The third-order valence-corrected chi connectivity index (χ3v) is 4.88. The lowest BCUT2D eigenvalue weighted by Gasteiger charge is -2.13. The van der Waals surface area contributed by atoms with Gasteiger partial charge in [0.2, 0.25) is 0 Å². The van der Waals surface area contributed by atoms with E-state index in [0.29, 0.717) is 11.5 Å². The molecule has 7 heteroatoms. The predicted octanol–water partition coefficient (Wildman–Crippen LogP) is 2.58. The first kappa shape index (κ1) is 16.8. The number of aromatic nitrogens is 4. The van der Waals surface area contributed by atoms with E-state index in [1.807, 2.05) is 40.4 Å². The van der Waals surface area contributed by atoms with E-state index in [9.17, 15) is 4.79 Å². The molecule has 0 aromatic carbocycles. The first-order valence-electron chi connectivity index (χ1n) is 9.21. The molecule has 3 aromatic rings. The van der Waals surface area contributed by atoms with Crippen molar-refractivity contribution in [3.63, 3.8) is 0 Å². The van der Waals surface area contributed by atoms with E-state index in [2.05, 4.69) is 20.3 Å². The molecule has 3 aromatic heterocycles. The number of likely N-dealkylation sites (tertiary alicyclic amines) is 1. The highest BCUT2D eigenvalue weighted by molar-refractivity contribution is 6.03. The average molecular weight is 352 g/mol. The molecule has 0 radical (unpaired) electrons. The summed E-state index contributed by atoms with van der Waals surface area (Å²) < 4.78 is 3.75. The zero-order valence-corrected chi connectivity index (χ0v) is 15.1. The smallest absolute Gasteiger partial charge is 0.273 e. The van der Waals surface area contributed by atoms with Crippen LogP contribution in [0.2, 0.25) is 0 Å². The molecule has 1 aliphatic rings. The van der Waals surface area contributed by atoms with Gasteiger partial charge in [0.1, 0.15) is 11.3 Å².